The third-order valence-electron chi connectivity index (χ3n) is 5.25. The molecule has 1 atom stereocenters. The summed E-state index contributed by atoms with van der Waals surface area (Å²) in [5.74, 6) is -0.780. The number of aliphatic carboxylic acids is 1. The van der Waals surface area contributed by atoms with Gasteiger partial charge in [-0.25, -0.2) is 0 Å². The highest BCUT2D eigenvalue weighted by Crippen LogP contribution is 2.23. The maximum Gasteiger partial charge on any atom is 0.317 e. The molecule has 2 heterocycles. The van der Waals surface area contributed by atoms with Crippen LogP contribution >= 0.6 is 23.2 Å². The van der Waals surface area contributed by atoms with E-state index in [0.717, 1.165) is 25.2 Å². The van der Waals surface area contributed by atoms with Crippen molar-refractivity contribution in [1.29, 1.82) is 0 Å². The lowest BCUT2D eigenvalue weighted by molar-refractivity contribution is -0.141. The molecule has 1 aromatic rings. The van der Waals surface area contributed by atoms with Crippen LogP contribution in [-0.2, 0) is 16.0 Å². The number of carboxylic acid groups (broad SMARTS) is 1. The lowest BCUT2D eigenvalue weighted by atomic mass is 10.1. The van der Waals surface area contributed by atoms with Crippen molar-refractivity contribution >= 4 is 35.1 Å². The van der Waals surface area contributed by atoms with Crippen molar-refractivity contribution in [1.82, 2.24) is 14.7 Å². The van der Waals surface area contributed by atoms with E-state index in [-0.39, 0.29) is 24.9 Å². The zero-order valence-electron chi connectivity index (χ0n) is 15.2. The first kappa shape index (κ1) is 20.4. The maximum absolute atomic E-state index is 13.0. The third-order valence-corrected chi connectivity index (χ3v) is 5.99. The Morgan fingerprint density at radius 2 is 1.78 bits per heavy atom. The van der Waals surface area contributed by atoms with Crippen LogP contribution in [0.4, 0.5) is 0 Å². The molecule has 0 aliphatic carbocycles. The van der Waals surface area contributed by atoms with E-state index in [2.05, 4.69) is 4.90 Å². The Morgan fingerprint density at radius 1 is 1.04 bits per heavy atom. The molecule has 0 spiro atoms. The van der Waals surface area contributed by atoms with Gasteiger partial charge in [-0.05, 0) is 43.6 Å². The minimum atomic E-state index is -0.828. The largest absolute Gasteiger partial charge is 0.480 e. The predicted octanol–water partition coefficient (Wildman–Crippen LogP) is 2.23. The van der Waals surface area contributed by atoms with Gasteiger partial charge in [-0.15, -0.1) is 0 Å². The highest BCUT2D eigenvalue weighted by atomic mass is 35.5. The number of nitrogens with zero attached hydrogens (tertiary/aromatic N) is 3. The molecule has 2 aliphatic rings. The fraction of sp³-hybridized carbons (Fsp3) is 0.579. The van der Waals surface area contributed by atoms with Crippen molar-refractivity contribution in [2.24, 2.45) is 0 Å². The van der Waals surface area contributed by atoms with Crippen LogP contribution in [0.2, 0.25) is 10.0 Å². The number of piperazine rings is 1. The van der Waals surface area contributed by atoms with E-state index in [1.807, 2.05) is 15.9 Å². The molecule has 1 N–H and O–H groups in total. The zero-order chi connectivity index (χ0) is 19.4. The van der Waals surface area contributed by atoms with E-state index in [1.54, 1.807) is 12.1 Å². The second kappa shape index (κ2) is 9.24. The summed E-state index contributed by atoms with van der Waals surface area (Å²) in [5, 5.41) is 10.0. The zero-order valence-corrected chi connectivity index (χ0v) is 16.8. The van der Waals surface area contributed by atoms with Crippen LogP contribution < -0.4 is 0 Å². The summed E-state index contributed by atoms with van der Waals surface area (Å²) in [6, 6.07) is 5.27. The second-order valence-electron chi connectivity index (χ2n) is 7.30. The van der Waals surface area contributed by atoms with Crippen LogP contribution in [0.25, 0.3) is 0 Å². The van der Waals surface area contributed by atoms with E-state index < -0.39 is 5.97 Å². The summed E-state index contributed by atoms with van der Waals surface area (Å²) in [7, 11) is 0. The van der Waals surface area contributed by atoms with Crippen LogP contribution in [-0.4, -0.2) is 83.5 Å². The molecule has 2 aliphatic heterocycles. The van der Waals surface area contributed by atoms with Gasteiger partial charge in [-0.1, -0.05) is 29.3 Å². The van der Waals surface area contributed by atoms with Crippen molar-refractivity contribution < 1.29 is 14.7 Å². The van der Waals surface area contributed by atoms with Gasteiger partial charge >= 0.3 is 5.97 Å². The number of amides is 1. The van der Waals surface area contributed by atoms with Gasteiger partial charge < -0.3 is 14.9 Å². The molecular weight excluding hydrogens is 389 g/mol. The number of likely N-dealkylation sites (tertiary alicyclic amines) is 1. The van der Waals surface area contributed by atoms with Crippen LogP contribution in [0.15, 0.2) is 18.2 Å². The molecule has 0 aromatic heterocycles. The summed E-state index contributed by atoms with van der Waals surface area (Å²) in [5.41, 5.74) is 0.835. The molecule has 6 nitrogen and oxygen atoms in total. The molecular formula is C19H25Cl2N3O3. The SMILES string of the molecule is O=C(O)CN1CCN(C(=O)Cc2ccc(Cl)c(Cl)c2)[C@H](CN2CCCC2)C1. The van der Waals surface area contributed by atoms with Gasteiger partial charge in [0, 0.05) is 26.2 Å². The summed E-state index contributed by atoms with van der Waals surface area (Å²) >= 11 is 12.0. The van der Waals surface area contributed by atoms with E-state index >= 15 is 0 Å². The van der Waals surface area contributed by atoms with Crippen LogP contribution in [0.5, 0.6) is 0 Å². The maximum atomic E-state index is 13.0. The second-order valence-corrected chi connectivity index (χ2v) is 8.12. The van der Waals surface area contributed by atoms with Crippen LogP contribution in [0.3, 0.4) is 0 Å². The molecule has 0 bridgehead atoms. The topological polar surface area (TPSA) is 64.1 Å². The lowest BCUT2D eigenvalue weighted by Crippen LogP contribution is -2.59. The minimum absolute atomic E-state index is 0.00599. The number of hydrogen-bond acceptors (Lipinski definition) is 4. The van der Waals surface area contributed by atoms with Gasteiger partial charge in [0.1, 0.15) is 0 Å². The number of halogens is 2. The predicted molar refractivity (Wildman–Crippen MR) is 105 cm³/mol. The first-order valence-corrected chi connectivity index (χ1v) is 10.1. The average Bonchev–Trinajstić information content (AvgIpc) is 3.11. The Hall–Kier alpha value is -1.34. The standard InChI is InChI=1S/C19H25Cl2N3O3/c20-16-4-3-14(9-17(16)21)10-18(25)24-8-7-23(13-19(26)27)12-15(24)11-22-5-1-2-6-22/h3-4,9,15H,1-2,5-8,10-13H2,(H,26,27)/t15-/m1/s1. The molecule has 0 saturated carbocycles. The fourth-order valence-electron chi connectivity index (χ4n) is 3.93. The normalized spacial score (nSPS) is 21.6. The first-order valence-electron chi connectivity index (χ1n) is 9.32. The number of benzene rings is 1. The average molecular weight is 414 g/mol. The van der Waals surface area contributed by atoms with Gasteiger partial charge in [0.2, 0.25) is 5.91 Å². The first-order chi connectivity index (χ1) is 12.9. The third kappa shape index (κ3) is 5.57. The van der Waals surface area contributed by atoms with E-state index in [0.29, 0.717) is 29.7 Å². The van der Waals surface area contributed by atoms with Gasteiger partial charge in [0.15, 0.2) is 0 Å². The van der Waals surface area contributed by atoms with Crippen LogP contribution in [0.1, 0.15) is 18.4 Å². The van der Waals surface area contributed by atoms with Crippen LogP contribution in [0, 0.1) is 0 Å². The smallest absolute Gasteiger partial charge is 0.317 e. The monoisotopic (exact) mass is 413 g/mol. The van der Waals surface area contributed by atoms with Crippen molar-refractivity contribution in [2.45, 2.75) is 25.3 Å². The molecule has 3 rings (SSSR count). The van der Waals surface area contributed by atoms with Crippen molar-refractivity contribution in [3.63, 3.8) is 0 Å². The molecule has 8 heteroatoms. The number of carbonyl (C=O) groups excluding carboxylic acids is 1. The molecule has 1 aromatic carbocycles. The summed E-state index contributed by atoms with van der Waals surface area (Å²) in [6.45, 7) is 4.63. The minimum Gasteiger partial charge on any atom is -0.480 e. The Bertz CT molecular complexity index is 695. The fourth-order valence-corrected chi connectivity index (χ4v) is 4.25. The molecule has 0 radical (unpaired) electrons. The summed E-state index contributed by atoms with van der Waals surface area (Å²) in [4.78, 5) is 30.3. The Kier molecular flexibility index (Phi) is 6.98. The Balaban J connectivity index is 1.68. The quantitative estimate of drug-likeness (QED) is 0.774. The van der Waals surface area contributed by atoms with Crippen molar-refractivity contribution in [3.05, 3.63) is 33.8 Å². The summed E-state index contributed by atoms with van der Waals surface area (Å²) < 4.78 is 0. The number of rotatable bonds is 6. The molecule has 2 fully saturated rings. The highest BCUT2D eigenvalue weighted by Gasteiger charge is 2.32. The van der Waals surface area contributed by atoms with Gasteiger partial charge in [0.05, 0.1) is 29.1 Å². The lowest BCUT2D eigenvalue weighted by Gasteiger charge is -2.42. The Morgan fingerprint density at radius 3 is 2.44 bits per heavy atom. The van der Waals surface area contributed by atoms with Gasteiger partial charge in [0.25, 0.3) is 0 Å². The molecule has 0 unspecified atom stereocenters. The van der Waals surface area contributed by atoms with E-state index in [1.165, 1.54) is 12.8 Å². The van der Waals surface area contributed by atoms with Crippen molar-refractivity contribution in [3.8, 4) is 0 Å². The molecule has 1 amide bonds. The number of carbonyl (C=O) groups is 2. The van der Waals surface area contributed by atoms with Gasteiger partial charge in [-0.2, -0.15) is 0 Å². The van der Waals surface area contributed by atoms with Crippen molar-refractivity contribution in [2.75, 3.05) is 45.8 Å². The number of carboxylic acids is 1. The molecule has 2 saturated heterocycles. The van der Waals surface area contributed by atoms with E-state index in [4.69, 9.17) is 28.3 Å². The molecule has 148 valence electrons. The highest BCUT2D eigenvalue weighted by molar-refractivity contribution is 6.42. The summed E-state index contributed by atoms with van der Waals surface area (Å²) in [6.07, 6.45) is 2.64. The number of hydrogen-bond donors (Lipinski definition) is 1. The van der Waals surface area contributed by atoms with E-state index in [9.17, 15) is 9.59 Å². The van der Waals surface area contributed by atoms with Gasteiger partial charge in [-0.3, -0.25) is 14.5 Å². The Labute approximate surface area is 169 Å². The molecule has 27 heavy (non-hydrogen) atoms.